The highest BCUT2D eigenvalue weighted by molar-refractivity contribution is 6.06. The predicted molar refractivity (Wildman–Crippen MR) is 50.1 cm³/mol. The van der Waals surface area contributed by atoms with Crippen molar-refractivity contribution in [3.63, 3.8) is 0 Å². The third-order valence-electron chi connectivity index (χ3n) is 1.58. The second-order valence-corrected chi connectivity index (χ2v) is 2.59. The molecule has 7 nitrogen and oxygen atoms in total. The minimum atomic E-state index is -1.06. The largest absolute Gasteiger partial charge is 0.351 e. The van der Waals surface area contributed by atoms with E-state index in [1.54, 1.807) is 5.32 Å². The number of amides is 3. The second kappa shape index (κ2) is 4.18. The first-order valence-corrected chi connectivity index (χ1v) is 3.86. The van der Waals surface area contributed by atoms with Gasteiger partial charge >= 0.3 is 6.03 Å². The smallest absolute Gasteiger partial charge is 0.319 e. The number of nitrogens with two attached hydrogens (primary N) is 1. The van der Waals surface area contributed by atoms with Gasteiger partial charge in [-0.2, -0.15) is 0 Å². The average molecular weight is 209 g/mol. The van der Waals surface area contributed by atoms with Crippen LogP contribution >= 0.6 is 0 Å². The van der Waals surface area contributed by atoms with Gasteiger partial charge in [0, 0.05) is 6.07 Å². The first-order chi connectivity index (χ1) is 7.02. The molecule has 0 heterocycles. The Hall–Kier alpha value is -2.44. The molecule has 1 rings (SSSR count). The van der Waals surface area contributed by atoms with Gasteiger partial charge in [-0.1, -0.05) is 12.1 Å². The van der Waals surface area contributed by atoms with Crippen molar-refractivity contribution in [2.24, 2.45) is 5.73 Å². The van der Waals surface area contributed by atoms with Gasteiger partial charge in [0.05, 0.1) is 4.92 Å². The number of carbonyl (C=O) groups is 2. The number of benzene rings is 1. The average Bonchev–Trinajstić information content (AvgIpc) is 2.16. The maximum atomic E-state index is 11.3. The van der Waals surface area contributed by atoms with Crippen LogP contribution in [-0.2, 0) is 0 Å². The zero-order valence-corrected chi connectivity index (χ0v) is 7.47. The quantitative estimate of drug-likeness (QED) is 0.541. The summed E-state index contributed by atoms with van der Waals surface area (Å²) in [5.74, 6) is -0.894. The molecule has 0 aliphatic carbocycles. The highest BCUT2D eigenvalue weighted by Crippen LogP contribution is 2.16. The number of hydrogen-bond acceptors (Lipinski definition) is 4. The highest BCUT2D eigenvalue weighted by atomic mass is 16.6. The lowest BCUT2D eigenvalue weighted by Gasteiger charge is -2.01. The van der Waals surface area contributed by atoms with E-state index in [4.69, 9.17) is 5.73 Å². The Balaban J connectivity index is 3.08. The third-order valence-corrected chi connectivity index (χ3v) is 1.58. The number of imide groups is 1. The number of nitro groups is 1. The molecule has 3 N–H and O–H groups in total. The van der Waals surface area contributed by atoms with Crippen molar-refractivity contribution in [3.05, 3.63) is 39.9 Å². The third kappa shape index (κ3) is 2.50. The van der Waals surface area contributed by atoms with E-state index < -0.39 is 16.9 Å². The Morgan fingerprint density at radius 3 is 2.47 bits per heavy atom. The normalized spacial score (nSPS) is 9.33. The molecule has 1 aromatic carbocycles. The van der Waals surface area contributed by atoms with Crippen LogP contribution < -0.4 is 11.1 Å². The van der Waals surface area contributed by atoms with E-state index in [0.717, 1.165) is 6.07 Å². The number of urea groups is 1. The van der Waals surface area contributed by atoms with Gasteiger partial charge in [0.15, 0.2) is 0 Å². The molecule has 0 saturated carbocycles. The van der Waals surface area contributed by atoms with Gasteiger partial charge in [-0.15, -0.1) is 0 Å². The van der Waals surface area contributed by atoms with Gasteiger partial charge in [0.1, 0.15) is 5.56 Å². The molecular weight excluding hydrogens is 202 g/mol. The zero-order chi connectivity index (χ0) is 11.4. The molecule has 0 atom stereocenters. The molecular formula is C8H7N3O4. The van der Waals surface area contributed by atoms with Crippen molar-refractivity contribution in [1.29, 1.82) is 0 Å². The molecule has 0 bridgehead atoms. The molecule has 15 heavy (non-hydrogen) atoms. The number of nitrogens with one attached hydrogen (secondary N) is 1. The van der Waals surface area contributed by atoms with Crippen LogP contribution in [0.2, 0.25) is 0 Å². The van der Waals surface area contributed by atoms with Crippen molar-refractivity contribution < 1.29 is 14.5 Å². The number of rotatable bonds is 2. The lowest BCUT2D eigenvalue weighted by atomic mass is 10.1. The van der Waals surface area contributed by atoms with E-state index >= 15 is 0 Å². The molecule has 3 amide bonds. The van der Waals surface area contributed by atoms with E-state index in [1.165, 1.54) is 18.2 Å². The summed E-state index contributed by atoms with van der Waals surface area (Å²) in [6.45, 7) is 0. The maximum absolute atomic E-state index is 11.3. The van der Waals surface area contributed by atoms with Crippen LogP contribution in [0, 0.1) is 10.1 Å². The maximum Gasteiger partial charge on any atom is 0.319 e. The molecule has 78 valence electrons. The Bertz CT molecular complexity index is 430. The van der Waals surface area contributed by atoms with Crippen LogP contribution in [0.3, 0.4) is 0 Å². The van der Waals surface area contributed by atoms with Gasteiger partial charge < -0.3 is 5.73 Å². The SMILES string of the molecule is NC(=O)NC(=O)c1ccccc1[N+](=O)[O-]. The summed E-state index contributed by atoms with van der Waals surface area (Å²) in [6.07, 6.45) is 0. The zero-order valence-electron chi connectivity index (χ0n) is 7.47. The van der Waals surface area contributed by atoms with Crippen molar-refractivity contribution in [1.82, 2.24) is 5.32 Å². The van der Waals surface area contributed by atoms with E-state index in [-0.39, 0.29) is 11.3 Å². The molecule has 0 aromatic heterocycles. The summed E-state index contributed by atoms with van der Waals surface area (Å²) in [5.41, 5.74) is 4.13. The summed E-state index contributed by atoms with van der Waals surface area (Å²) in [6, 6.07) is 4.20. The fraction of sp³-hybridized carbons (Fsp3) is 0. The van der Waals surface area contributed by atoms with Crippen LogP contribution in [0.5, 0.6) is 0 Å². The van der Waals surface area contributed by atoms with E-state index in [2.05, 4.69) is 0 Å². The fourth-order valence-corrected chi connectivity index (χ4v) is 1.00. The minimum Gasteiger partial charge on any atom is -0.351 e. The van der Waals surface area contributed by atoms with Crippen molar-refractivity contribution in [3.8, 4) is 0 Å². The number of nitro benzene ring substituents is 1. The molecule has 0 aliphatic heterocycles. The number of para-hydroxylation sites is 1. The molecule has 7 heteroatoms. The summed E-state index contributed by atoms with van der Waals surface area (Å²) in [5, 5.41) is 12.3. The number of carbonyl (C=O) groups excluding carboxylic acids is 2. The van der Waals surface area contributed by atoms with E-state index in [9.17, 15) is 19.7 Å². The first-order valence-electron chi connectivity index (χ1n) is 3.86. The van der Waals surface area contributed by atoms with Crippen LogP contribution in [0.1, 0.15) is 10.4 Å². The number of nitrogens with zero attached hydrogens (tertiary/aromatic N) is 1. The standard InChI is InChI=1S/C8H7N3O4/c9-8(13)10-7(12)5-3-1-2-4-6(5)11(14)15/h1-4H,(H3,9,10,12,13). The number of hydrogen-bond donors (Lipinski definition) is 2. The topological polar surface area (TPSA) is 115 Å². The summed E-state index contributed by atoms with van der Waals surface area (Å²) in [4.78, 5) is 31.5. The summed E-state index contributed by atoms with van der Waals surface area (Å²) < 4.78 is 0. The monoisotopic (exact) mass is 209 g/mol. The fourth-order valence-electron chi connectivity index (χ4n) is 1.00. The second-order valence-electron chi connectivity index (χ2n) is 2.59. The van der Waals surface area contributed by atoms with Crippen LogP contribution in [0.4, 0.5) is 10.5 Å². The molecule has 1 aromatic rings. The Kier molecular flexibility index (Phi) is 2.97. The molecule has 0 unspecified atom stereocenters. The van der Waals surface area contributed by atoms with E-state index in [0.29, 0.717) is 0 Å². The lowest BCUT2D eigenvalue weighted by Crippen LogP contribution is -2.35. The minimum absolute atomic E-state index is 0.207. The first kappa shape index (κ1) is 10.6. The van der Waals surface area contributed by atoms with Gasteiger partial charge in [-0.3, -0.25) is 20.2 Å². The van der Waals surface area contributed by atoms with E-state index in [1.807, 2.05) is 0 Å². The van der Waals surface area contributed by atoms with Crippen LogP contribution in [-0.4, -0.2) is 16.9 Å². The Labute approximate surface area is 84.0 Å². The van der Waals surface area contributed by atoms with Crippen LogP contribution in [0.15, 0.2) is 24.3 Å². The summed E-state index contributed by atoms with van der Waals surface area (Å²) >= 11 is 0. The predicted octanol–water partition coefficient (Wildman–Crippen LogP) is 0.403. The molecule has 0 radical (unpaired) electrons. The molecule has 0 spiro atoms. The van der Waals surface area contributed by atoms with Crippen LogP contribution in [0.25, 0.3) is 0 Å². The highest BCUT2D eigenvalue weighted by Gasteiger charge is 2.19. The Morgan fingerprint density at radius 2 is 1.93 bits per heavy atom. The van der Waals surface area contributed by atoms with Crippen molar-refractivity contribution >= 4 is 17.6 Å². The number of primary amides is 1. The molecule has 0 aliphatic rings. The molecule has 0 fully saturated rings. The Morgan fingerprint density at radius 1 is 1.33 bits per heavy atom. The van der Waals surface area contributed by atoms with Gasteiger partial charge in [0.2, 0.25) is 0 Å². The van der Waals surface area contributed by atoms with Crippen molar-refractivity contribution in [2.45, 2.75) is 0 Å². The lowest BCUT2D eigenvalue weighted by molar-refractivity contribution is -0.385. The summed E-state index contributed by atoms with van der Waals surface area (Å²) in [7, 11) is 0. The van der Waals surface area contributed by atoms with Gasteiger partial charge in [-0.25, -0.2) is 4.79 Å². The van der Waals surface area contributed by atoms with Gasteiger partial charge in [0.25, 0.3) is 11.6 Å². The molecule has 0 saturated heterocycles. The van der Waals surface area contributed by atoms with Gasteiger partial charge in [-0.05, 0) is 6.07 Å². The van der Waals surface area contributed by atoms with Crippen molar-refractivity contribution in [2.75, 3.05) is 0 Å².